The van der Waals surface area contributed by atoms with Crippen LogP contribution in [0.25, 0.3) is 0 Å². The Morgan fingerprint density at radius 3 is 2.64 bits per heavy atom. The SMILES string of the molecule is COc1ncccc1[C@H]1[C@H](N)C1(C)C. The van der Waals surface area contributed by atoms with Gasteiger partial charge in [0.15, 0.2) is 0 Å². The lowest BCUT2D eigenvalue weighted by molar-refractivity contribution is 0.390. The van der Waals surface area contributed by atoms with Crippen molar-refractivity contribution in [2.24, 2.45) is 11.1 Å². The van der Waals surface area contributed by atoms with E-state index in [1.807, 2.05) is 12.1 Å². The second kappa shape index (κ2) is 2.95. The smallest absolute Gasteiger partial charge is 0.216 e. The van der Waals surface area contributed by atoms with Crippen LogP contribution in [0.2, 0.25) is 0 Å². The normalized spacial score (nSPS) is 28.6. The number of hydrogen-bond acceptors (Lipinski definition) is 3. The summed E-state index contributed by atoms with van der Waals surface area (Å²) in [5, 5.41) is 0. The van der Waals surface area contributed by atoms with Gasteiger partial charge in [0.1, 0.15) is 0 Å². The summed E-state index contributed by atoms with van der Waals surface area (Å²) in [5.41, 5.74) is 7.33. The fourth-order valence-electron chi connectivity index (χ4n) is 2.08. The molecule has 1 aliphatic rings. The van der Waals surface area contributed by atoms with E-state index in [-0.39, 0.29) is 11.5 Å². The lowest BCUT2D eigenvalue weighted by Crippen LogP contribution is -2.06. The second-order valence-corrected chi connectivity index (χ2v) is 4.43. The van der Waals surface area contributed by atoms with Crippen molar-refractivity contribution < 1.29 is 4.74 Å². The molecule has 2 rings (SSSR count). The molecule has 1 aromatic rings. The molecule has 1 fully saturated rings. The van der Waals surface area contributed by atoms with Gasteiger partial charge in [-0.1, -0.05) is 19.9 Å². The number of ether oxygens (including phenoxy) is 1. The number of aromatic nitrogens is 1. The summed E-state index contributed by atoms with van der Waals surface area (Å²) in [7, 11) is 1.65. The predicted octanol–water partition coefficient (Wildman–Crippen LogP) is 1.54. The van der Waals surface area contributed by atoms with E-state index in [2.05, 4.69) is 18.8 Å². The molecule has 14 heavy (non-hydrogen) atoms. The minimum Gasteiger partial charge on any atom is -0.481 e. The van der Waals surface area contributed by atoms with Crippen LogP contribution >= 0.6 is 0 Å². The van der Waals surface area contributed by atoms with Gasteiger partial charge in [-0.05, 0) is 11.5 Å². The molecule has 2 atom stereocenters. The molecular weight excluding hydrogens is 176 g/mol. The van der Waals surface area contributed by atoms with Crippen molar-refractivity contribution in [3.8, 4) is 5.88 Å². The molecular formula is C11H16N2O. The molecule has 0 radical (unpaired) electrons. The lowest BCUT2D eigenvalue weighted by atomic mass is 10.0. The summed E-state index contributed by atoms with van der Waals surface area (Å²) in [6.07, 6.45) is 1.74. The van der Waals surface area contributed by atoms with Crippen LogP contribution in [0.4, 0.5) is 0 Å². The van der Waals surface area contributed by atoms with Crippen LogP contribution in [-0.2, 0) is 0 Å². The number of nitrogens with zero attached hydrogens (tertiary/aromatic N) is 1. The fourth-order valence-corrected chi connectivity index (χ4v) is 2.08. The van der Waals surface area contributed by atoms with Crippen molar-refractivity contribution >= 4 is 0 Å². The molecule has 0 unspecified atom stereocenters. The van der Waals surface area contributed by atoms with Crippen LogP contribution in [0, 0.1) is 5.41 Å². The summed E-state index contributed by atoms with van der Waals surface area (Å²) in [5.74, 6) is 1.09. The van der Waals surface area contributed by atoms with E-state index >= 15 is 0 Å². The Balaban J connectivity index is 2.34. The first-order valence-corrected chi connectivity index (χ1v) is 4.83. The molecule has 3 heteroatoms. The van der Waals surface area contributed by atoms with E-state index in [4.69, 9.17) is 10.5 Å². The zero-order valence-corrected chi connectivity index (χ0v) is 8.82. The van der Waals surface area contributed by atoms with Crippen molar-refractivity contribution in [1.82, 2.24) is 4.98 Å². The van der Waals surface area contributed by atoms with Gasteiger partial charge < -0.3 is 10.5 Å². The molecule has 3 nitrogen and oxygen atoms in total. The summed E-state index contributed by atoms with van der Waals surface area (Å²) in [6.45, 7) is 4.35. The van der Waals surface area contributed by atoms with Crippen molar-refractivity contribution in [2.75, 3.05) is 7.11 Å². The topological polar surface area (TPSA) is 48.1 Å². The van der Waals surface area contributed by atoms with Gasteiger partial charge in [-0.25, -0.2) is 4.98 Å². The minimum atomic E-state index is 0.177. The molecule has 0 saturated heterocycles. The van der Waals surface area contributed by atoms with Crippen LogP contribution in [0.5, 0.6) is 5.88 Å². The second-order valence-electron chi connectivity index (χ2n) is 4.43. The Kier molecular flexibility index (Phi) is 2.00. The van der Waals surface area contributed by atoms with Gasteiger partial charge >= 0.3 is 0 Å². The highest BCUT2D eigenvalue weighted by Crippen LogP contribution is 2.58. The number of nitrogens with two attached hydrogens (primary N) is 1. The van der Waals surface area contributed by atoms with Gasteiger partial charge in [0.05, 0.1) is 7.11 Å². The maximum absolute atomic E-state index is 6.02. The van der Waals surface area contributed by atoms with E-state index in [9.17, 15) is 0 Å². The van der Waals surface area contributed by atoms with Crippen LogP contribution in [0.15, 0.2) is 18.3 Å². The van der Waals surface area contributed by atoms with Crippen LogP contribution in [0.1, 0.15) is 25.3 Å². The number of hydrogen-bond donors (Lipinski definition) is 1. The molecule has 2 N–H and O–H groups in total. The maximum Gasteiger partial charge on any atom is 0.216 e. The molecule has 1 aliphatic carbocycles. The quantitative estimate of drug-likeness (QED) is 0.773. The Morgan fingerprint density at radius 2 is 2.14 bits per heavy atom. The molecule has 0 aromatic carbocycles. The Hall–Kier alpha value is -1.09. The third-order valence-corrected chi connectivity index (χ3v) is 3.24. The van der Waals surface area contributed by atoms with Crippen molar-refractivity contribution in [1.29, 1.82) is 0 Å². The summed E-state index contributed by atoms with van der Waals surface area (Å²) in [4.78, 5) is 4.18. The zero-order valence-electron chi connectivity index (χ0n) is 8.82. The van der Waals surface area contributed by atoms with Gasteiger partial charge in [0.25, 0.3) is 0 Å². The molecule has 0 amide bonds. The van der Waals surface area contributed by atoms with E-state index in [1.165, 1.54) is 0 Å². The van der Waals surface area contributed by atoms with Gasteiger partial charge in [-0.15, -0.1) is 0 Å². The molecule has 76 valence electrons. The highest BCUT2D eigenvalue weighted by molar-refractivity contribution is 5.39. The van der Waals surface area contributed by atoms with Crippen LogP contribution in [0.3, 0.4) is 0 Å². The van der Waals surface area contributed by atoms with E-state index < -0.39 is 0 Å². The highest BCUT2D eigenvalue weighted by Gasteiger charge is 2.57. The number of methoxy groups -OCH3 is 1. The monoisotopic (exact) mass is 192 g/mol. The van der Waals surface area contributed by atoms with Crippen LogP contribution < -0.4 is 10.5 Å². The first-order valence-electron chi connectivity index (χ1n) is 4.83. The third kappa shape index (κ3) is 1.20. The van der Waals surface area contributed by atoms with Crippen molar-refractivity contribution in [3.05, 3.63) is 23.9 Å². The van der Waals surface area contributed by atoms with Gasteiger partial charge in [0, 0.05) is 23.7 Å². The predicted molar refractivity (Wildman–Crippen MR) is 55.3 cm³/mol. The van der Waals surface area contributed by atoms with Crippen molar-refractivity contribution in [3.63, 3.8) is 0 Å². The molecule has 1 heterocycles. The van der Waals surface area contributed by atoms with E-state index in [1.54, 1.807) is 13.3 Å². The average Bonchev–Trinajstić information content (AvgIpc) is 2.66. The standard InChI is InChI=1S/C11H16N2O/c1-11(2)8(9(11)12)7-5-4-6-13-10(7)14-3/h4-6,8-9H,12H2,1-3H3/t8-,9-/m0/s1. The Labute approximate surface area is 84.3 Å². The largest absolute Gasteiger partial charge is 0.481 e. The summed E-state index contributed by atoms with van der Waals surface area (Å²) < 4.78 is 5.22. The Bertz CT molecular complexity index is 349. The maximum atomic E-state index is 6.02. The van der Waals surface area contributed by atoms with Crippen molar-refractivity contribution in [2.45, 2.75) is 25.8 Å². The van der Waals surface area contributed by atoms with E-state index in [0.717, 1.165) is 5.56 Å². The molecule has 0 aliphatic heterocycles. The molecule has 0 spiro atoms. The minimum absolute atomic E-state index is 0.177. The van der Waals surface area contributed by atoms with Gasteiger partial charge in [-0.3, -0.25) is 0 Å². The molecule has 0 bridgehead atoms. The Morgan fingerprint density at radius 1 is 1.50 bits per heavy atom. The molecule has 1 saturated carbocycles. The third-order valence-electron chi connectivity index (χ3n) is 3.24. The fraction of sp³-hybridized carbons (Fsp3) is 0.545. The van der Waals surface area contributed by atoms with Gasteiger partial charge in [0.2, 0.25) is 5.88 Å². The molecule has 1 aromatic heterocycles. The zero-order chi connectivity index (χ0) is 10.3. The summed E-state index contributed by atoms with van der Waals surface area (Å²) >= 11 is 0. The number of pyridine rings is 1. The van der Waals surface area contributed by atoms with Crippen LogP contribution in [-0.4, -0.2) is 18.1 Å². The lowest BCUT2D eigenvalue weighted by Gasteiger charge is -2.07. The summed E-state index contributed by atoms with van der Waals surface area (Å²) in [6, 6.07) is 4.20. The number of rotatable bonds is 2. The van der Waals surface area contributed by atoms with E-state index in [0.29, 0.717) is 11.8 Å². The highest BCUT2D eigenvalue weighted by atomic mass is 16.5. The first-order chi connectivity index (χ1) is 6.59. The van der Waals surface area contributed by atoms with Gasteiger partial charge in [-0.2, -0.15) is 0 Å². The first kappa shape index (κ1) is 9.46. The average molecular weight is 192 g/mol.